The van der Waals surface area contributed by atoms with Gasteiger partial charge in [-0.25, -0.2) is 0 Å². The normalized spacial score (nSPS) is 11.5. The van der Waals surface area contributed by atoms with Gasteiger partial charge in [-0.15, -0.1) is 0 Å². The summed E-state index contributed by atoms with van der Waals surface area (Å²) in [5.41, 5.74) is 3.61. The average Bonchev–Trinajstić information content (AvgIpc) is 2.97. The average molecular weight is 292 g/mol. The summed E-state index contributed by atoms with van der Waals surface area (Å²) in [7, 11) is 0. The maximum absolute atomic E-state index is 3.46. The molecule has 0 unspecified atom stereocenters. The fourth-order valence-electron chi connectivity index (χ4n) is 3.51. The number of hydrogen-bond acceptors (Lipinski definition) is 0. The van der Waals surface area contributed by atoms with Crippen molar-refractivity contribution >= 4 is 32.6 Å². The third-order valence-corrected chi connectivity index (χ3v) is 4.49. The summed E-state index contributed by atoms with van der Waals surface area (Å²) >= 11 is 0. The number of rotatable bonds is 1. The monoisotopic (exact) mass is 292 g/mol. The van der Waals surface area contributed by atoms with E-state index in [1.165, 1.54) is 38.3 Å². The van der Waals surface area contributed by atoms with E-state index in [4.69, 9.17) is 0 Å². The SMILES string of the molecule is [c]1cccc2c1c1c3ccccc3ccc1n2-c1ccccc1. The van der Waals surface area contributed by atoms with E-state index in [2.05, 4.69) is 89.5 Å². The zero-order chi connectivity index (χ0) is 15.2. The van der Waals surface area contributed by atoms with Crippen molar-refractivity contribution in [1.29, 1.82) is 0 Å². The number of para-hydroxylation sites is 1. The van der Waals surface area contributed by atoms with E-state index in [1.807, 2.05) is 6.07 Å². The molecule has 0 saturated carbocycles. The molecule has 1 radical (unpaired) electrons. The standard InChI is InChI=1S/C22H14N/c1-2-9-17(10-3-1)23-20-13-7-6-12-19(20)22-18-11-5-4-8-16(18)14-15-21(22)23/h1-11,13-15H. The number of fused-ring (bicyclic) bond motifs is 5. The van der Waals surface area contributed by atoms with E-state index in [0.29, 0.717) is 0 Å². The van der Waals surface area contributed by atoms with E-state index < -0.39 is 0 Å². The fourth-order valence-corrected chi connectivity index (χ4v) is 3.51. The fraction of sp³-hybridized carbons (Fsp3) is 0. The minimum atomic E-state index is 1.18. The summed E-state index contributed by atoms with van der Waals surface area (Å²) in [6.07, 6.45) is 0. The first-order valence-corrected chi connectivity index (χ1v) is 7.81. The first-order valence-electron chi connectivity index (χ1n) is 7.81. The van der Waals surface area contributed by atoms with Gasteiger partial charge in [0.05, 0.1) is 11.0 Å². The van der Waals surface area contributed by atoms with E-state index in [9.17, 15) is 0 Å². The molecule has 1 heteroatoms. The topological polar surface area (TPSA) is 4.93 Å². The van der Waals surface area contributed by atoms with E-state index >= 15 is 0 Å². The van der Waals surface area contributed by atoms with Crippen molar-refractivity contribution in [3.8, 4) is 5.69 Å². The summed E-state index contributed by atoms with van der Waals surface area (Å²) < 4.78 is 2.33. The molecule has 0 aliphatic heterocycles. The molecule has 0 atom stereocenters. The molecule has 1 heterocycles. The summed E-state index contributed by atoms with van der Waals surface area (Å²) in [6, 6.07) is 33.2. The molecule has 5 rings (SSSR count). The summed E-state index contributed by atoms with van der Waals surface area (Å²) in [5, 5.41) is 5.02. The molecule has 0 fully saturated rings. The van der Waals surface area contributed by atoms with Gasteiger partial charge in [-0.2, -0.15) is 0 Å². The largest absolute Gasteiger partial charge is 0.309 e. The van der Waals surface area contributed by atoms with Crippen LogP contribution in [0.4, 0.5) is 0 Å². The molecule has 0 saturated heterocycles. The Morgan fingerprint density at radius 1 is 0.652 bits per heavy atom. The van der Waals surface area contributed by atoms with Crippen molar-refractivity contribution in [1.82, 2.24) is 4.57 Å². The van der Waals surface area contributed by atoms with Crippen LogP contribution in [0, 0.1) is 6.07 Å². The van der Waals surface area contributed by atoms with Crippen LogP contribution in [0.15, 0.2) is 84.9 Å². The van der Waals surface area contributed by atoms with Gasteiger partial charge in [0, 0.05) is 16.5 Å². The molecule has 0 aliphatic carbocycles. The van der Waals surface area contributed by atoms with Crippen molar-refractivity contribution in [2.75, 3.05) is 0 Å². The van der Waals surface area contributed by atoms with Crippen molar-refractivity contribution < 1.29 is 0 Å². The van der Waals surface area contributed by atoms with E-state index in [-0.39, 0.29) is 0 Å². The Bertz CT molecular complexity index is 1150. The van der Waals surface area contributed by atoms with Crippen LogP contribution in [-0.2, 0) is 0 Å². The molecule has 0 spiro atoms. The van der Waals surface area contributed by atoms with Crippen molar-refractivity contribution in [3.05, 3.63) is 91.0 Å². The highest BCUT2D eigenvalue weighted by molar-refractivity contribution is 6.21. The van der Waals surface area contributed by atoms with E-state index in [0.717, 1.165) is 0 Å². The Morgan fingerprint density at radius 2 is 1.48 bits per heavy atom. The van der Waals surface area contributed by atoms with Crippen LogP contribution in [0.5, 0.6) is 0 Å². The number of hydrogen-bond donors (Lipinski definition) is 0. The third kappa shape index (κ3) is 1.74. The lowest BCUT2D eigenvalue weighted by atomic mass is 10.0. The molecule has 0 amide bonds. The Balaban J connectivity index is 2.07. The number of aromatic nitrogens is 1. The van der Waals surface area contributed by atoms with Crippen molar-refractivity contribution in [2.45, 2.75) is 0 Å². The van der Waals surface area contributed by atoms with Gasteiger partial charge in [-0.05, 0) is 41.1 Å². The van der Waals surface area contributed by atoms with Crippen LogP contribution in [-0.4, -0.2) is 4.57 Å². The van der Waals surface area contributed by atoms with E-state index in [1.54, 1.807) is 0 Å². The second-order valence-corrected chi connectivity index (χ2v) is 5.78. The molecule has 0 bridgehead atoms. The lowest BCUT2D eigenvalue weighted by Crippen LogP contribution is -1.92. The molecule has 23 heavy (non-hydrogen) atoms. The highest BCUT2D eigenvalue weighted by Gasteiger charge is 2.13. The summed E-state index contributed by atoms with van der Waals surface area (Å²) in [5.74, 6) is 0. The molecular weight excluding hydrogens is 278 g/mol. The van der Waals surface area contributed by atoms with Crippen LogP contribution in [0.1, 0.15) is 0 Å². The Hall–Kier alpha value is -3.06. The first kappa shape index (κ1) is 12.5. The number of benzene rings is 4. The molecule has 4 aromatic carbocycles. The van der Waals surface area contributed by atoms with Crippen molar-refractivity contribution in [2.24, 2.45) is 0 Å². The highest BCUT2D eigenvalue weighted by atomic mass is 15.0. The van der Waals surface area contributed by atoms with Gasteiger partial charge in [0.25, 0.3) is 0 Å². The molecule has 1 nitrogen and oxygen atoms in total. The van der Waals surface area contributed by atoms with Crippen LogP contribution in [0.2, 0.25) is 0 Å². The molecule has 0 aliphatic rings. The second kappa shape index (κ2) is 4.72. The smallest absolute Gasteiger partial charge is 0.0547 e. The van der Waals surface area contributed by atoms with Gasteiger partial charge in [0.15, 0.2) is 0 Å². The lowest BCUT2D eigenvalue weighted by molar-refractivity contribution is 1.18. The summed E-state index contributed by atoms with van der Waals surface area (Å²) in [6.45, 7) is 0. The minimum Gasteiger partial charge on any atom is -0.309 e. The van der Waals surface area contributed by atoms with Gasteiger partial charge in [0.1, 0.15) is 0 Å². The first-order chi connectivity index (χ1) is 11.4. The highest BCUT2D eigenvalue weighted by Crippen LogP contribution is 2.36. The molecular formula is C22H14N. The van der Waals surface area contributed by atoms with Gasteiger partial charge in [-0.3, -0.25) is 0 Å². The molecule has 107 valence electrons. The lowest BCUT2D eigenvalue weighted by Gasteiger charge is -2.07. The third-order valence-electron chi connectivity index (χ3n) is 4.49. The predicted octanol–water partition coefficient (Wildman–Crippen LogP) is 5.74. The van der Waals surface area contributed by atoms with Gasteiger partial charge >= 0.3 is 0 Å². The zero-order valence-corrected chi connectivity index (χ0v) is 12.5. The molecule has 5 aromatic rings. The van der Waals surface area contributed by atoms with Crippen LogP contribution in [0.3, 0.4) is 0 Å². The Labute approximate surface area is 134 Å². The summed E-state index contributed by atoms with van der Waals surface area (Å²) in [4.78, 5) is 0. The Morgan fingerprint density at radius 3 is 2.39 bits per heavy atom. The van der Waals surface area contributed by atoms with Crippen LogP contribution < -0.4 is 0 Å². The number of nitrogens with zero attached hydrogens (tertiary/aromatic N) is 1. The Kier molecular flexibility index (Phi) is 2.56. The molecule has 0 N–H and O–H groups in total. The second-order valence-electron chi connectivity index (χ2n) is 5.78. The van der Waals surface area contributed by atoms with Gasteiger partial charge < -0.3 is 4.57 Å². The minimum absolute atomic E-state index is 1.18. The predicted molar refractivity (Wildman–Crippen MR) is 97.1 cm³/mol. The van der Waals surface area contributed by atoms with Crippen molar-refractivity contribution in [3.63, 3.8) is 0 Å². The van der Waals surface area contributed by atoms with Crippen LogP contribution in [0.25, 0.3) is 38.3 Å². The quantitative estimate of drug-likeness (QED) is 0.371. The molecule has 1 aromatic heterocycles. The van der Waals surface area contributed by atoms with Crippen LogP contribution >= 0.6 is 0 Å². The van der Waals surface area contributed by atoms with Gasteiger partial charge in [-0.1, -0.05) is 60.7 Å². The maximum atomic E-state index is 3.46. The van der Waals surface area contributed by atoms with Gasteiger partial charge in [0.2, 0.25) is 0 Å². The zero-order valence-electron chi connectivity index (χ0n) is 12.5. The maximum Gasteiger partial charge on any atom is 0.0547 e.